The van der Waals surface area contributed by atoms with Crippen LogP contribution in [0.1, 0.15) is 64.9 Å². The van der Waals surface area contributed by atoms with Crippen molar-refractivity contribution in [1.82, 2.24) is 25.1 Å². The van der Waals surface area contributed by atoms with Gasteiger partial charge in [-0.3, -0.25) is 14.3 Å². The Hall–Kier alpha value is -3.75. The summed E-state index contributed by atoms with van der Waals surface area (Å²) in [5.41, 5.74) is 7.85. The number of carbonyl (C=O) groups excluding carboxylic acids is 2. The van der Waals surface area contributed by atoms with E-state index in [-0.39, 0.29) is 17.4 Å². The Morgan fingerprint density at radius 2 is 1.91 bits per heavy atom. The van der Waals surface area contributed by atoms with E-state index in [2.05, 4.69) is 25.7 Å². The van der Waals surface area contributed by atoms with E-state index in [1.165, 1.54) is 44.5 Å². The van der Waals surface area contributed by atoms with Gasteiger partial charge >= 0.3 is 0 Å². The summed E-state index contributed by atoms with van der Waals surface area (Å²) in [5, 5.41) is 10.1. The summed E-state index contributed by atoms with van der Waals surface area (Å²) in [4.78, 5) is 32.7. The molecule has 9 heteroatoms. The van der Waals surface area contributed by atoms with E-state index < -0.39 is 5.91 Å². The lowest BCUT2D eigenvalue weighted by Crippen LogP contribution is -2.26. The van der Waals surface area contributed by atoms with Crippen molar-refractivity contribution in [3.05, 3.63) is 65.9 Å². The Labute approximate surface area is 192 Å². The largest absolute Gasteiger partial charge is 0.382 e. The van der Waals surface area contributed by atoms with Gasteiger partial charge in [-0.15, -0.1) is 0 Å². The minimum atomic E-state index is -0.452. The number of hydrogen-bond donors (Lipinski definition) is 3. The predicted molar refractivity (Wildman–Crippen MR) is 126 cm³/mol. The Morgan fingerprint density at radius 1 is 1.09 bits per heavy atom. The molecule has 0 radical (unpaired) electrons. The van der Waals surface area contributed by atoms with Gasteiger partial charge in [0.05, 0.1) is 18.4 Å². The maximum absolute atomic E-state index is 12.6. The fourth-order valence-electron chi connectivity index (χ4n) is 4.19. The Bertz CT molecular complexity index is 1110. The minimum Gasteiger partial charge on any atom is -0.382 e. The summed E-state index contributed by atoms with van der Waals surface area (Å²) in [5.74, 6) is 0.302. The maximum atomic E-state index is 12.6. The van der Waals surface area contributed by atoms with Gasteiger partial charge in [0.15, 0.2) is 11.5 Å². The van der Waals surface area contributed by atoms with Crippen LogP contribution < -0.4 is 16.4 Å². The average molecular weight is 448 g/mol. The van der Waals surface area contributed by atoms with Crippen molar-refractivity contribution in [3.8, 4) is 0 Å². The molecule has 0 aliphatic heterocycles. The van der Waals surface area contributed by atoms with Gasteiger partial charge in [0, 0.05) is 30.7 Å². The number of hydrogen-bond acceptors (Lipinski definition) is 6. The molecule has 33 heavy (non-hydrogen) atoms. The van der Waals surface area contributed by atoms with Crippen LogP contribution in [0.15, 0.2) is 49.1 Å². The third-order valence-electron chi connectivity index (χ3n) is 5.93. The van der Waals surface area contributed by atoms with Gasteiger partial charge < -0.3 is 16.4 Å². The van der Waals surface area contributed by atoms with Crippen molar-refractivity contribution in [3.63, 3.8) is 0 Å². The molecular weight excluding hydrogens is 418 g/mol. The van der Waals surface area contributed by atoms with Crippen LogP contribution in [0.25, 0.3) is 0 Å². The van der Waals surface area contributed by atoms with Crippen molar-refractivity contribution in [2.75, 3.05) is 17.6 Å². The van der Waals surface area contributed by atoms with Crippen molar-refractivity contribution in [2.45, 2.75) is 45.1 Å². The molecule has 2 amide bonds. The highest BCUT2D eigenvalue weighted by Gasteiger charge is 2.15. The number of carbonyl (C=O) groups is 2. The summed E-state index contributed by atoms with van der Waals surface area (Å²) in [6.45, 7) is 1.18. The number of nitrogens with one attached hydrogen (secondary N) is 2. The van der Waals surface area contributed by atoms with Crippen LogP contribution in [0.2, 0.25) is 0 Å². The number of anilines is 2. The molecule has 0 atom stereocenters. The normalized spacial score (nSPS) is 14.1. The van der Waals surface area contributed by atoms with E-state index in [1.54, 1.807) is 17.1 Å². The number of nitrogens with zero attached hydrogens (tertiary/aromatic N) is 4. The van der Waals surface area contributed by atoms with Crippen molar-refractivity contribution < 1.29 is 9.59 Å². The lowest BCUT2D eigenvalue weighted by Gasteiger charge is -2.21. The second kappa shape index (κ2) is 10.7. The van der Waals surface area contributed by atoms with E-state index in [4.69, 9.17) is 5.73 Å². The molecule has 1 saturated carbocycles. The highest BCUT2D eigenvalue weighted by atomic mass is 16.2. The second-order valence-corrected chi connectivity index (χ2v) is 8.42. The summed E-state index contributed by atoms with van der Waals surface area (Å²) in [7, 11) is 0. The maximum Gasteiger partial charge on any atom is 0.278 e. The quantitative estimate of drug-likeness (QED) is 0.486. The van der Waals surface area contributed by atoms with Gasteiger partial charge in [-0.1, -0.05) is 44.2 Å². The lowest BCUT2D eigenvalue weighted by atomic mass is 9.87. The summed E-state index contributed by atoms with van der Waals surface area (Å²) < 4.78 is 1.69. The number of amides is 2. The average Bonchev–Trinajstić information content (AvgIpc) is 3.26. The van der Waals surface area contributed by atoms with Crippen LogP contribution in [0.3, 0.4) is 0 Å². The SMILES string of the molecule is Nc1nccnc1C(=O)Nc1cnn(Cc2cccc(C(=O)NCCC3CCCCC3)c2)c1. The number of nitrogen functional groups attached to an aromatic ring is 1. The standard InChI is InChI=1S/C24H29N7O2/c25-22-21(26-11-12-27-22)24(33)30-20-14-29-31(16-20)15-18-7-4-8-19(13-18)23(32)28-10-9-17-5-2-1-3-6-17/h4,7-8,11-14,16-17H,1-3,5-6,9-10,15H2,(H2,25,27)(H,28,32)(H,30,33). The minimum absolute atomic E-state index is 0.0531. The third kappa shape index (κ3) is 6.15. The van der Waals surface area contributed by atoms with E-state index in [9.17, 15) is 9.59 Å². The first-order valence-electron chi connectivity index (χ1n) is 11.4. The number of nitrogens with two attached hydrogens (primary N) is 1. The zero-order chi connectivity index (χ0) is 23.0. The molecule has 0 spiro atoms. The fraction of sp³-hybridized carbons (Fsp3) is 0.375. The van der Waals surface area contributed by atoms with Crippen molar-refractivity contribution >= 4 is 23.3 Å². The number of benzene rings is 1. The van der Waals surface area contributed by atoms with Crippen LogP contribution in [-0.2, 0) is 6.54 Å². The van der Waals surface area contributed by atoms with Crippen LogP contribution in [0, 0.1) is 5.92 Å². The first kappa shape index (κ1) is 22.4. The predicted octanol–water partition coefficient (Wildman–Crippen LogP) is 3.26. The summed E-state index contributed by atoms with van der Waals surface area (Å²) in [6, 6.07) is 7.50. The molecule has 1 aromatic carbocycles. The smallest absolute Gasteiger partial charge is 0.278 e. The molecule has 1 aliphatic carbocycles. The Kier molecular flexibility index (Phi) is 7.29. The monoisotopic (exact) mass is 447 g/mol. The molecule has 172 valence electrons. The van der Waals surface area contributed by atoms with E-state index in [0.717, 1.165) is 17.9 Å². The molecule has 3 aromatic rings. The molecule has 9 nitrogen and oxygen atoms in total. The fourth-order valence-corrected chi connectivity index (χ4v) is 4.19. The van der Waals surface area contributed by atoms with Crippen LogP contribution in [-0.4, -0.2) is 38.1 Å². The Balaban J connectivity index is 1.31. The molecule has 0 bridgehead atoms. The third-order valence-corrected chi connectivity index (χ3v) is 5.93. The first-order valence-corrected chi connectivity index (χ1v) is 11.4. The second-order valence-electron chi connectivity index (χ2n) is 8.42. The van der Waals surface area contributed by atoms with Gasteiger partial charge in [0.2, 0.25) is 0 Å². The van der Waals surface area contributed by atoms with E-state index >= 15 is 0 Å². The molecule has 0 unspecified atom stereocenters. The van der Waals surface area contributed by atoms with Gasteiger partial charge in [-0.25, -0.2) is 9.97 Å². The molecule has 2 heterocycles. The van der Waals surface area contributed by atoms with Gasteiger partial charge in [0.25, 0.3) is 11.8 Å². The van der Waals surface area contributed by atoms with Crippen molar-refractivity contribution in [2.24, 2.45) is 5.92 Å². The van der Waals surface area contributed by atoms with Crippen LogP contribution in [0.5, 0.6) is 0 Å². The number of aromatic nitrogens is 4. The highest BCUT2D eigenvalue weighted by molar-refractivity contribution is 6.05. The zero-order valence-electron chi connectivity index (χ0n) is 18.5. The number of rotatable bonds is 8. The molecule has 4 N–H and O–H groups in total. The summed E-state index contributed by atoms with van der Waals surface area (Å²) >= 11 is 0. The lowest BCUT2D eigenvalue weighted by molar-refractivity contribution is 0.0949. The van der Waals surface area contributed by atoms with Crippen LogP contribution >= 0.6 is 0 Å². The Morgan fingerprint density at radius 3 is 2.73 bits per heavy atom. The molecule has 4 rings (SSSR count). The molecule has 0 saturated heterocycles. The van der Waals surface area contributed by atoms with E-state index in [1.807, 2.05) is 24.3 Å². The molecular formula is C24H29N7O2. The molecule has 1 fully saturated rings. The molecule has 2 aromatic heterocycles. The van der Waals surface area contributed by atoms with Gasteiger partial charge in [0.1, 0.15) is 0 Å². The van der Waals surface area contributed by atoms with Gasteiger partial charge in [-0.2, -0.15) is 5.10 Å². The van der Waals surface area contributed by atoms with E-state index in [0.29, 0.717) is 24.3 Å². The van der Waals surface area contributed by atoms with Crippen LogP contribution in [0.4, 0.5) is 11.5 Å². The zero-order valence-corrected chi connectivity index (χ0v) is 18.5. The first-order chi connectivity index (χ1) is 16.1. The summed E-state index contributed by atoms with van der Waals surface area (Å²) in [6.07, 6.45) is 13.7. The van der Waals surface area contributed by atoms with Gasteiger partial charge in [-0.05, 0) is 30.0 Å². The molecule has 1 aliphatic rings. The topological polar surface area (TPSA) is 128 Å². The van der Waals surface area contributed by atoms with Crippen molar-refractivity contribution in [1.29, 1.82) is 0 Å². The highest BCUT2D eigenvalue weighted by Crippen LogP contribution is 2.25.